The molecule has 114 valence electrons. The summed E-state index contributed by atoms with van der Waals surface area (Å²) in [6.45, 7) is 0.609. The first-order valence-corrected chi connectivity index (χ1v) is 6.95. The van der Waals surface area contributed by atoms with Crippen molar-refractivity contribution in [1.82, 2.24) is 4.90 Å². The molecule has 0 atom stereocenters. The summed E-state index contributed by atoms with van der Waals surface area (Å²) in [6.07, 6.45) is 1.19. The van der Waals surface area contributed by atoms with Gasteiger partial charge in [-0.1, -0.05) is 12.1 Å². The molecule has 0 unspecified atom stereocenters. The number of hydrogen-bond acceptors (Lipinski definition) is 3. The number of carboxylic acids is 1. The molecule has 2 amide bonds. The van der Waals surface area contributed by atoms with E-state index in [1.165, 1.54) is 0 Å². The SMILES string of the molecule is CN(CC1CC(O)C1)C(=O)Nc1cccc(CC(=O)O)c1. The molecule has 1 saturated carbocycles. The van der Waals surface area contributed by atoms with E-state index in [0.717, 1.165) is 12.8 Å². The highest BCUT2D eigenvalue weighted by atomic mass is 16.4. The normalized spacial score (nSPS) is 20.5. The number of carbonyl (C=O) groups excluding carboxylic acids is 1. The minimum absolute atomic E-state index is 0.0699. The van der Waals surface area contributed by atoms with Crippen LogP contribution in [0, 0.1) is 5.92 Å². The molecule has 2 rings (SSSR count). The summed E-state index contributed by atoms with van der Waals surface area (Å²) in [5.74, 6) is -0.548. The largest absolute Gasteiger partial charge is 0.481 e. The Morgan fingerprint density at radius 3 is 2.71 bits per heavy atom. The van der Waals surface area contributed by atoms with Gasteiger partial charge in [-0.2, -0.15) is 0 Å². The highest BCUT2D eigenvalue weighted by Crippen LogP contribution is 2.27. The van der Waals surface area contributed by atoms with Crippen molar-refractivity contribution in [3.8, 4) is 0 Å². The van der Waals surface area contributed by atoms with E-state index < -0.39 is 5.97 Å². The molecule has 6 heteroatoms. The molecule has 1 aromatic carbocycles. The van der Waals surface area contributed by atoms with Gasteiger partial charge >= 0.3 is 12.0 Å². The standard InChI is InChI=1S/C15H20N2O4/c1-17(9-11-6-13(18)7-11)15(21)16-12-4-2-3-10(5-12)8-14(19)20/h2-5,11,13,18H,6-9H2,1H3,(H,16,21)(H,19,20). The third-order valence-corrected chi connectivity index (χ3v) is 3.62. The van der Waals surface area contributed by atoms with Gasteiger partial charge in [-0.25, -0.2) is 4.79 Å². The third-order valence-electron chi connectivity index (χ3n) is 3.62. The zero-order valence-corrected chi connectivity index (χ0v) is 12.0. The quantitative estimate of drug-likeness (QED) is 0.768. The second kappa shape index (κ2) is 6.58. The van der Waals surface area contributed by atoms with Crippen LogP contribution in [0.4, 0.5) is 10.5 Å². The van der Waals surface area contributed by atoms with E-state index in [9.17, 15) is 14.7 Å². The van der Waals surface area contributed by atoms with E-state index in [0.29, 0.717) is 23.7 Å². The van der Waals surface area contributed by atoms with Crippen LogP contribution in [0.3, 0.4) is 0 Å². The van der Waals surface area contributed by atoms with Crippen LogP contribution in [0.5, 0.6) is 0 Å². The van der Waals surface area contributed by atoms with Crippen LogP contribution < -0.4 is 5.32 Å². The van der Waals surface area contributed by atoms with Gasteiger partial charge in [-0.15, -0.1) is 0 Å². The van der Waals surface area contributed by atoms with Gasteiger partial charge in [0.25, 0.3) is 0 Å². The number of carbonyl (C=O) groups is 2. The van der Waals surface area contributed by atoms with Crippen molar-refractivity contribution in [2.24, 2.45) is 5.92 Å². The predicted octanol–water partition coefficient (Wildman–Crippen LogP) is 1.55. The zero-order valence-electron chi connectivity index (χ0n) is 12.0. The van der Waals surface area contributed by atoms with Gasteiger partial charge in [0.15, 0.2) is 0 Å². The Balaban J connectivity index is 1.88. The maximum Gasteiger partial charge on any atom is 0.321 e. The summed E-state index contributed by atoms with van der Waals surface area (Å²) in [7, 11) is 1.71. The fourth-order valence-corrected chi connectivity index (χ4v) is 2.47. The van der Waals surface area contributed by atoms with Crippen molar-refractivity contribution in [1.29, 1.82) is 0 Å². The molecule has 0 saturated heterocycles. The Kier molecular flexibility index (Phi) is 4.80. The van der Waals surface area contributed by atoms with Gasteiger partial charge < -0.3 is 20.4 Å². The van der Waals surface area contributed by atoms with Crippen LogP contribution in [-0.4, -0.2) is 46.8 Å². The Bertz CT molecular complexity index is 526. The number of benzene rings is 1. The number of anilines is 1. The molecule has 6 nitrogen and oxygen atoms in total. The van der Waals surface area contributed by atoms with Crippen LogP contribution in [0.2, 0.25) is 0 Å². The number of nitrogens with zero attached hydrogens (tertiary/aromatic N) is 1. The smallest absolute Gasteiger partial charge is 0.321 e. The Morgan fingerprint density at radius 1 is 1.38 bits per heavy atom. The monoisotopic (exact) mass is 292 g/mol. The van der Waals surface area contributed by atoms with Gasteiger partial charge in [-0.3, -0.25) is 4.79 Å². The maximum atomic E-state index is 12.0. The van der Waals surface area contributed by atoms with Gasteiger partial charge in [0, 0.05) is 19.3 Å². The van der Waals surface area contributed by atoms with E-state index in [1.54, 1.807) is 36.2 Å². The molecule has 1 fully saturated rings. The lowest BCUT2D eigenvalue weighted by atomic mass is 9.82. The highest BCUT2D eigenvalue weighted by Gasteiger charge is 2.29. The minimum Gasteiger partial charge on any atom is -0.481 e. The van der Waals surface area contributed by atoms with E-state index in [1.807, 2.05) is 0 Å². The van der Waals surface area contributed by atoms with Crippen molar-refractivity contribution in [3.05, 3.63) is 29.8 Å². The second-order valence-corrected chi connectivity index (χ2v) is 5.57. The third kappa shape index (κ3) is 4.46. The molecule has 1 aliphatic carbocycles. The summed E-state index contributed by atoms with van der Waals surface area (Å²) >= 11 is 0. The number of carboxylic acid groups (broad SMARTS) is 1. The van der Waals surface area contributed by atoms with Crippen LogP contribution in [-0.2, 0) is 11.2 Å². The molecule has 1 aliphatic rings. The number of amides is 2. The molecule has 0 bridgehead atoms. The number of aliphatic hydroxyl groups is 1. The van der Waals surface area contributed by atoms with Crippen molar-refractivity contribution >= 4 is 17.7 Å². The molecule has 21 heavy (non-hydrogen) atoms. The van der Waals surface area contributed by atoms with E-state index in [2.05, 4.69) is 5.32 Å². The van der Waals surface area contributed by atoms with Gasteiger partial charge in [0.2, 0.25) is 0 Å². The van der Waals surface area contributed by atoms with Gasteiger partial charge in [-0.05, 0) is 36.5 Å². The van der Waals surface area contributed by atoms with Crippen molar-refractivity contribution in [2.75, 3.05) is 18.9 Å². The molecule has 0 radical (unpaired) electrons. The summed E-state index contributed by atoms with van der Waals surface area (Å²) in [5.41, 5.74) is 1.23. The summed E-state index contributed by atoms with van der Waals surface area (Å²) < 4.78 is 0. The number of aliphatic hydroxyl groups excluding tert-OH is 1. The first-order valence-electron chi connectivity index (χ1n) is 6.95. The number of aliphatic carboxylic acids is 1. The predicted molar refractivity (Wildman–Crippen MR) is 78.2 cm³/mol. The molecule has 0 aromatic heterocycles. The van der Waals surface area contributed by atoms with Gasteiger partial charge in [0.1, 0.15) is 0 Å². The van der Waals surface area contributed by atoms with Crippen LogP contribution in [0.1, 0.15) is 18.4 Å². The number of nitrogens with one attached hydrogen (secondary N) is 1. The summed E-state index contributed by atoms with van der Waals surface area (Å²) in [5, 5.41) is 20.8. The Labute approximate surface area is 123 Å². The van der Waals surface area contributed by atoms with Crippen LogP contribution >= 0.6 is 0 Å². The minimum atomic E-state index is -0.904. The van der Waals surface area contributed by atoms with E-state index in [-0.39, 0.29) is 18.6 Å². The summed E-state index contributed by atoms with van der Waals surface area (Å²) in [4.78, 5) is 24.3. The average Bonchev–Trinajstić information content (AvgIpc) is 2.36. The number of urea groups is 1. The number of rotatable bonds is 5. The molecular formula is C15H20N2O4. The van der Waals surface area contributed by atoms with Crippen molar-refractivity contribution < 1.29 is 19.8 Å². The summed E-state index contributed by atoms with van der Waals surface area (Å²) in [6, 6.07) is 6.58. The lowest BCUT2D eigenvalue weighted by molar-refractivity contribution is -0.136. The molecule has 3 N–H and O–H groups in total. The van der Waals surface area contributed by atoms with Gasteiger partial charge in [0.05, 0.1) is 12.5 Å². The molecule has 0 heterocycles. The lowest BCUT2D eigenvalue weighted by Gasteiger charge is -2.34. The Hall–Kier alpha value is -2.08. The highest BCUT2D eigenvalue weighted by molar-refractivity contribution is 5.89. The average molecular weight is 292 g/mol. The molecular weight excluding hydrogens is 272 g/mol. The molecule has 1 aromatic rings. The second-order valence-electron chi connectivity index (χ2n) is 5.57. The van der Waals surface area contributed by atoms with Crippen molar-refractivity contribution in [3.63, 3.8) is 0 Å². The zero-order chi connectivity index (χ0) is 15.4. The first-order chi connectivity index (χ1) is 9.94. The van der Waals surface area contributed by atoms with E-state index in [4.69, 9.17) is 5.11 Å². The van der Waals surface area contributed by atoms with Crippen molar-refractivity contribution in [2.45, 2.75) is 25.4 Å². The number of hydrogen-bond donors (Lipinski definition) is 3. The fourth-order valence-electron chi connectivity index (χ4n) is 2.47. The lowest BCUT2D eigenvalue weighted by Crippen LogP contribution is -2.41. The maximum absolute atomic E-state index is 12.0. The van der Waals surface area contributed by atoms with E-state index >= 15 is 0 Å². The fraction of sp³-hybridized carbons (Fsp3) is 0.467. The van der Waals surface area contributed by atoms with Crippen LogP contribution in [0.25, 0.3) is 0 Å². The first kappa shape index (κ1) is 15.3. The topological polar surface area (TPSA) is 89.9 Å². The van der Waals surface area contributed by atoms with Crippen LogP contribution in [0.15, 0.2) is 24.3 Å². The molecule has 0 aliphatic heterocycles. The Morgan fingerprint density at radius 2 is 2.10 bits per heavy atom. The molecule has 0 spiro atoms.